The molecule has 4 rings (SSSR count). The van der Waals surface area contributed by atoms with Crippen LogP contribution in [0.1, 0.15) is 24.4 Å². The monoisotopic (exact) mass is 474 g/mol. The second-order valence-electron chi connectivity index (χ2n) is 8.08. The second-order valence-corrected chi connectivity index (χ2v) is 8.51. The van der Waals surface area contributed by atoms with Gasteiger partial charge < -0.3 is 30.0 Å². The van der Waals surface area contributed by atoms with E-state index >= 15 is 0 Å². The number of tetrazole rings is 1. The lowest BCUT2D eigenvalue weighted by Crippen LogP contribution is -2.62. The van der Waals surface area contributed by atoms with Gasteiger partial charge >= 0.3 is 0 Å². The molecule has 0 aliphatic carbocycles. The summed E-state index contributed by atoms with van der Waals surface area (Å²) in [6.07, 6.45) is -1.94. The van der Waals surface area contributed by atoms with Crippen LogP contribution in [0.25, 0.3) is 0 Å². The number of halogens is 1. The quantitative estimate of drug-likeness (QED) is 0.392. The Morgan fingerprint density at radius 3 is 2.55 bits per heavy atom. The highest BCUT2D eigenvalue weighted by atomic mass is 35.5. The number of benzene rings is 2. The Bertz CT molecular complexity index is 1110. The first-order valence-corrected chi connectivity index (χ1v) is 10.7. The van der Waals surface area contributed by atoms with Gasteiger partial charge in [-0.25, -0.2) is 0 Å². The van der Waals surface area contributed by atoms with Crippen LogP contribution in [0.15, 0.2) is 42.5 Å². The summed E-state index contributed by atoms with van der Waals surface area (Å²) in [4.78, 5) is 3.36. The van der Waals surface area contributed by atoms with Gasteiger partial charge in [0.25, 0.3) is 0 Å². The highest BCUT2D eigenvalue weighted by Gasteiger charge is 2.54. The molecule has 2 aromatic carbocycles. The molecule has 10 nitrogen and oxygen atoms in total. The largest absolute Gasteiger partial charge is 0.479 e. The molecule has 0 saturated heterocycles. The number of aryl methyl sites for hydroxylation is 1. The molecule has 0 unspecified atom stereocenters. The lowest BCUT2D eigenvalue weighted by Gasteiger charge is -2.49. The predicted molar refractivity (Wildman–Crippen MR) is 123 cm³/mol. The third kappa shape index (κ3) is 4.34. The van der Waals surface area contributed by atoms with Crippen molar-refractivity contribution in [2.24, 2.45) is 7.05 Å². The number of anilines is 2. The molecule has 33 heavy (non-hydrogen) atoms. The highest BCUT2D eigenvalue weighted by Crippen LogP contribution is 2.47. The van der Waals surface area contributed by atoms with Crippen LogP contribution in [0.4, 0.5) is 11.4 Å². The number of ether oxygens (including phenoxy) is 3. The number of rotatable bonds is 7. The van der Waals surface area contributed by atoms with Crippen molar-refractivity contribution < 1.29 is 19.3 Å². The lowest BCUT2D eigenvalue weighted by atomic mass is 9.83. The van der Waals surface area contributed by atoms with Gasteiger partial charge in [0.15, 0.2) is 17.7 Å². The smallest absolute Gasteiger partial charge is 0.199 e. The van der Waals surface area contributed by atoms with Crippen molar-refractivity contribution in [2.75, 3.05) is 24.9 Å². The van der Waals surface area contributed by atoms with Crippen molar-refractivity contribution in [1.82, 2.24) is 20.2 Å². The van der Waals surface area contributed by atoms with Crippen molar-refractivity contribution in [2.45, 2.75) is 37.5 Å². The first kappa shape index (κ1) is 23.2. The zero-order valence-corrected chi connectivity index (χ0v) is 19.6. The second kappa shape index (κ2) is 9.14. The average molecular weight is 475 g/mol. The summed E-state index contributed by atoms with van der Waals surface area (Å²) in [5.41, 5.74) is 6.93. The molecular formula is C22H27ClN6O4. The molecule has 0 radical (unpaired) electrons. The molecule has 1 aromatic heterocycles. The molecule has 0 amide bonds. The topological polar surface area (TPSA) is 121 Å². The summed E-state index contributed by atoms with van der Waals surface area (Å²) in [5, 5.41) is 24.8. The SMILES string of the molecule is COC(OC)[C@]1(C)Oc2ccc(N)cc2[C@H](N(Cc2nnn(C)n2)c2ccc(Cl)cc2)[C@H]1O. The van der Waals surface area contributed by atoms with Crippen molar-refractivity contribution in [3.05, 3.63) is 58.9 Å². The average Bonchev–Trinajstić information content (AvgIpc) is 3.20. The van der Waals surface area contributed by atoms with Gasteiger partial charge in [-0.05, 0) is 54.6 Å². The number of aliphatic hydroxyl groups is 1. The molecule has 0 saturated carbocycles. The number of hydrogen-bond acceptors (Lipinski definition) is 9. The maximum absolute atomic E-state index is 11.8. The molecule has 1 aliphatic heterocycles. The Balaban J connectivity index is 1.89. The van der Waals surface area contributed by atoms with E-state index in [1.165, 1.54) is 19.0 Å². The molecule has 3 aromatic rings. The number of fused-ring (bicyclic) bond motifs is 1. The number of aromatic nitrogens is 4. The summed E-state index contributed by atoms with van der Waals surface area (Å²) in [6.45, 7) is 2.01. The van der Waals surface area contributed by atoms with Crippen LogP contribution in [0, 0.1) is 0 Å². The van der Waals surface area contributed by atoms with E-state index in [-0.39, 0.29) is 6.54 Å². The Hall–Kier alpha value is -2.92. The minimum atomic E-state index is -1.24. The normalized spacial score (nSPS) is 22.2. The van der Waals surface area contributed by atoms with Gasteiger partial charge in [0.05, 0.1) is 19.6 Å². The fourth-order valence-corrected chi connectivity index (χ4v) is 4.41. The number of aliphatic hydroxyl groups excluding tert-OH is 1. The van der Waals surface area contributed by atoms with E-state index in [4.69, 9.17) is 31.5 Å². The summed E-state index contributed by atoms with van der Waals surface area (Å²) in [6, 6.07) is 12.0. The lowest BCUT2D eigenvalue weighted by molar-refractivity contribution is -0.237. The molecule has 0 fully saturated rings. The van der Waals surface area contributed by atoms with Crippen molar-refractivity contribution >= 4 is 23.0 Å². The van der Waals surface area contributed by atoms with Gasteiger partial charge in [0, 0.05) is 36.2 Å². The van der Waals surface area contributed by atoms with Crippen LogP contribution in [0.2, 0.25) is 5.02 Å². The zero-order chi connectivity index (χ0) is 23.8. The molecule has 0 bridgehead atoms. The van der Waals surface area contributed by atoms with Crippen LogP contribution >= 0.6 is 11.6 Å². The van der Waals surface area contributed by atoms with Crippen LogP contribution in [0.3, 0.4) is 0 Å². The molecule has 11 heteroatoms. The fourth-order valence-electron chi connectivity index (χ4n) is 4.28. The molecule has 0 spiro atoms. The van der Waals surface area contributed by atoms with Gasteiger partial charge in [0.1, 0.15) is 11.9 Å². The third-order valence-corrected chi connectivity index (χ3v) is 6.07. The standard InChI is InChI=1S/C22H27ClN6O4/c1-22(21(31-3)32-4)20(30)19(16-11-14(24)7-10-17(16)33-22)29(12-18-25-27-28(2)26-18)15-8-5-13(23)6-9-15/h5-11,19-21,30H,12,24H2,1-4H3/t19-,20+,22+/m0/s1. The van der Waals surface area contributed by atoms with E-state index in [1.54, 1.807) is 44.3 Å². The van der Waals surface area contributed by atoms with Crippen molar-refractivity contribution in [3.63, 3.8) is 0 Å². The van der Waals surface area contributed by atoms with Gasteiger partial charge in [-0.2, -0.15) is 4.80 Å². The summed E-state index contributed by atoms with van der Waals surface area (Å²) in [5.74, 6) is 1.04. The molecule has 3 N–H and O–H groups in total. The zero-order valence-electron chi connectivity index (χ0n) is 18.8. The highest BCUT2D eigenvalue weighted by molar-refractivity contribution is 6.30. The number of nitrogen functional groups attached to an aromatic ring is 1. The van der Waals surface area contributed by atoms with E-state index in [0.717, 1.165) is 5.69 Å². The van der Waals surface area contributed by atoms with Gasteiger partial charge in [-0.15, -0.1) is 10.2 Å². The van der Waals surface area contributed by atoms with Gasteiger partial charge in [-0.3, -0.25) is 0 Å². The van der Waals surface area contributed by atoms with Crippen molar-refractivity contribution in [1.29, 1.82) is 0 Å². The van der Waals surface area contributed by atoms with Crippen LogP contribution < -0.4 is 15.4 Å². The minimum absolute atomic E-state index is 0.256. The Kier molecular flexibility index (Phi) is 6.44. The molecule has 3 atom stereocenters. The fraction of sp³-hybridized carbons (Fsp3) is 0.409. The first-order chi connectivity index (χ1) is 15.8. The van der Waals surface area contributed by atoms with Gasteiger partial charge in [0.2, 0.25) is 0 Å². The number of methoxy groups -OCH3 is 2. The molecule has 176 valence electrons. The van der Waals surface area contributed by atoms with E-state index in [0.29, 0.717) is 27.8 Å². The summed E-state index contributed by atoms with van der Waals surface area (Å²) >= 11 is 6.15. The Morgan fingerprint density at radius 1 is 1.24 bits per heavy atom. The van der Waals surface area contributed by atoms with E-state index in [9.17, 15) is 5.11 Å². The minimum Gasteiger partial charge on any atom is -0.479 e. The molecular weight excluding hydrogens is 448 g/mol. The van der Waals surface area contributed by atoms with Crippen LogP contribution in [0.5, 0.6) is 5.75 Å². The summed E-state index contributed by atoms with van der Waals surface area (Å²) < 4.78 is 17.3. The number of nitrogens with two attached hydrogens (primary N) is 1. The summed E-state index contributed by atoms with van der Waals surface area (Å²) in [7, 11) is 4.70. The molecule has 1 aliphatic rings. The third-order valence-electron chi connectivity index (χ3n) is 5.82. The number of hydrogen-bond donors (Lipinski definition) is 2. The van der Waals surface area contributed by atoms with Gasteiger partial charge in [-0.1, -0.05) is 11.6 Å². The maximum Gasteiger partial charge on any atom is 0.199 e. The van der Waals surface area contributed by atoms with E-state index < -0.39 is 24.0 Å². The first-order valence-electron chi connectivity index (χ1n) is 10.3. The molecule has 2 heterocycles. The maximum atomic E-state index is 11.8. The van der Waals surface area contributed by atoms with Crippen LogP contribution in [-0.4, -0.2) is 57.5 Å². The Morgan fingerprint density at radius 2 is 1.94 bits per heavy atom. The van der Waals surface area contributed by atoms with Crippen LogP contribution in [-0.2, 0) is 23.1 Å². The van der Waals surface area contributed by atoms with E-state index in [2.05, 4.69) is 15.4 Å². The predicted octanol–water partition coefficient (Wildman–Crippen LogP) is 2.32. The van der Waals surface area contributed by atoms with Crippen molar-refractivity contribution in [3.8, 4) is 5.75 Å². The van der Waals surface area contributed by atoms with E-state index in [1.807, 2.05) is 17.0 Å². The number of nitrogens with zero attached hydrogens (tertiary/aromatic N) is 5. The Labute approximate surface area is 196 Å².